The fourth-order valence-corrected chi connectivity index (χ4v) is 8.70. The van der Waals surface area contributed by atoms with Crippen molar-refractivity contribution in [2.75, 3.05) is 13.1 Å². The second-order valence-electron chi connectivity index (χ2n) is 14.0. The summed E-state index contributed by atoms with van der Waals surface area (Å²) in [5, 5.41) is 26.0. The molecule has 5 heterocycles. The van der Waals surface area contributed by atoms with Crippen LogP contribution in [-0.2, 0) is 39.5 Å². The van der Waals surface area contributed by atoms with E-state index in [9.17, 15) is 29.4 Å². The molecule has 0 fully saturated rings. The Morgan fingerprint density at radius 3 is 2.64 bits per heavy atom. The Labute approximate surface area is 306 Å². The monoisotopic (exact) mass is 734 g/mol. The molecule has 2 aromatic heterocycles. The van der Waals surface area contributed by atoms with Gasteiger partial charge in [-0.2, -0.15) is 0 Å². The molecule has 0 bridgehead atoms. The van der Waals surface area contributed by atoms with Gasteiger partial charge in [0.1, 0.15) is 12.4 Å². The number of β-amino-alcohol motifs (C(OH)–C–C–N with tert-alkyl or cyclic N) is 1. The molecule has 268 valence electrons. The van der Waals surface area contributed by atoms with Gasteiger partial charge in [-0.25, -0.2) is 14.2 Å². The van der Waals surface area contributed by atoms with Gasteiger partial charge < -0.3 is 29.7 Å². The molecule has 13 heteroatoms. The molecule has 9 rings (SSSR count). The number of amides is 2. The maximum absolute atomic E-state index is 15.2. The summed E-state index contributed by atoms with van der Waals surface area (Å²) in [6, 6.07) is 17.1. The number of cyclic esters (lactones) is 1. The van der Waals surface area contributed by atoms with Gasteiger partial charge in [-0.15, -0.1) is 0 Å². The van der Waals surface area contributed by atoms with Crippen LogP contribution < -0.4 is 10.9 Å². The van der Waals surface area contributed by atoms with E-state index in [1.54, 1.807) is 25.1 Å². The number of hydrogen-bond acceptors (Lipinski definition) is 8. The smallest absolute Gasteiger partial charge is 0.343 e. The number of esters is 1. The van der Waals surface area contributed by atoms with Crippen molar-refractivity contribution < 1.29 is 33.7 Å². The SMILES string of the molecule is CC[C@@]1(O)C(=O)OCc2c1cc1n(c2=O)Cc2c-1nc1cc(F)c(Cl)c3c1c2C(NC(=O)CN1CC(O)c2cc(-c4ccccc4)ccc2C1=O)CC3. The van der Waals surface area contributed by atoms with Crippen LogP contribution in [0.1, 0.15) is 75.6 Å². The zero-order chi connectivity index (χ0) is 36.9. The molecule has 53 heavy (non-hydrogen) atoms. The molecule has 2 unspecified atom stereocenters. The minimum absolute atomic E-state index is 0.0248. The normalized spacial score (nSPS) is 21.1. The molecule has 0 saturated heterocycles. The summed E-state index contributed by atoms with van der Waals surface area (Å²) in [7, 11) is 0. The van der Waals surface area contributed by atoms with Gasteiger partial charge in [-0.05, 0) is 65.3 Å². The molecular formula is C40H32ClFN4O7. The number of nitrogens with one attached hydrogen (secondary N) is 1. The number of aromatic nitrogens is 2. The third kappa shape index (κ3) is 4.96. The van der Waals surface area contributed by atoms with Crippen molar-refractivity contribution in [1.29, 1.82) is 0 Å². The van der Waals surface area contributed by atoms with Gasteiger partial charge >= 0.3 is 5.97 Å². The fraction of sp³-hybridized carbons (Fsp3) is 0.275. The molecule has 1 aliphatic carbocycles. The Kier molecular flexibility index (Phi) is 7.60. The van der Waals surface area contributed by atoms with Crippen LogP contribution in [0.5, 0.6) is 0 Å². The van der Waals surface area contributed by atoms with Gasteiger partial charge in [-0.3, -0.25) is 14.4 Å². The van der Waals surface area contributed by atoms with Crippen LogP contribution >= 0.6 is 11.6 Å². The van der Waals surface area contributed by atoms with Crippen molar-refractivity contribution in [2.24, 2.45) is 0 Å². The number of pyridine rings is 2. The van der Waals surface area contributed by atoms with E-state index in [0.717, 1.165) is 11.1 Å². The fourth-order valence-electron chi connectivity index (χ4n) is 8.45. The van der Waals surface area contributed by atoms with Crippen LogP contribution in [0.2, 0.25) is 5.02 Å². The number of rotatable bonds is 5. The number of nitrogens with zero attached hydrogens (tertiary/aromatic N) is 3. The van der Waals surface area contributed by atoms with E-state index in [4.69, 9.17) is 21.3 Å². The van der Waals surface area contributed by atoms with E-state index >= 15 is 4.39 Å². The topological polar surface area (TPSA) is 151 Å². The quantitative estimate of drug-likeness (QED) is 0.213. The first-order chi connectivity index (χ1) is 25.5. The maximum Gasteiger partial charge on any atom is 0.343 e. The van der Waals surface area contributed by atoms with Gasteiger partial charge in [0.2, 0.25) is 5.91 Å². The number of hydrogen-bond donors (Lipinski definition) is 3. The second kappa shape index (κ2) is 12.1. The van der Waals surface area contributed by atoms with Crippen molar-refractivity contribution >= 4 is 40.3 Å². The lowest BCUT2D eigenvalue weighted by Gasteiger charge is -2.33. The number of aliphatic hydroxyl groups is 2. The summed E-state index contributed by atoms with van der Waals surface area (Å²) < 4.78 is 21.9. The highest BCUT2D eigenvalue weighted by atomic mass is 35.5. The Morgan fingerprint density at radius 2 is 1.87 bits per heavy atom. The average molecular weight is 735 g/mol. The lowest BCUT2D eigenvalue weighted by atomic mass is 9.83. The van der Waals surface area contributed by atoms with E-state index < -0.39 is 41.0 Å². The standard InChI is InChI=1S/C40H32ClFN4O7/c1-2-40(52)26-13-30-36-24(15-46(30)38(50)25(26)18-53-39(40)51)34-28(11-10-22-33(34)29(44-36)14-27(42)35(22)41)43-32(48)17-45-16-31(47)23-12-20(8-9-21(23)37(45)49)19-6-4-3-5-7-19/h3-9,12-14,28,31,47,52H,2,10-11,15-18H2,1H3,(H,43,48)/t28?,31?,40-/m0/s1. The molecule has 2 amide bonds. The molecule has 3 aliphatic heterocycles. The predicted molar refractivity (Wildman–Crippen MR) is 191 cm³/mol. The lowest BCUT2D eigenvalue weighted by molar-refractivity contribution is -0.172. The van der Waals surface area contributed by atoms with Crippen LogP contribution in [0.3, 0.4) is 0 Å². The zero-order valence-corrected chi connectivity index (χ0v) is 29.2. The second-order valence-corrected chi connectivity index (χ2v) is 14.4. The molecule has 3 atom stereocenters. The summed E-state index contributed by atoms with van der Waals surface area (Å²) in [6.45, 7) is 0.988. The summed E-state index contributed by atoms with van der Waals surface area (Å²) in [5.74, 6) is -2.35. The number of aryl methyl sites for hydroxylation is 1. The van der Waals surface area contributed by atoms with Crippen molar-refractivity contribution in [2.45, 2.75) is 57.1 Å². The summed E-state index contributed by atoms with van der Waals surface area (Å²) in [5.41, 5.74) is 3.24. The van der Waals surface area contributed by atoms with Gasteiger partial charge in [-0.1, -0.05) is 54.9 Å². The minimum Gasteiger partial charge on any atom is -0.458 e. The van der Waals surface area contributed by atoms with E-state index in [0.29, 0.717) is 57.4 Å². The number of aliphatic hydroxyl groups excluding tert-OH is 1. The van der Waals surface area contributed by atoms with E-state index in [1.165, 1.54) is 15.5 Å². The number of halogens is 2. The van der Waals surface area contributed by atoms with Gasteiger partial charge in [0.05, 0.1) is 59.3 Å². The Balaban J connectivity index is 1.07. The van der Waals surface area contributed by atoms with Gasteiger partial charge in [0.15, 0.2) is 5.60 Å². The van der Waals surface area contributed by atoms with Crippen LogP contribution in [0, 0.1) is 5.82 Å². The predicted octanol–water partition coefficient (Wildman–Crippen LogP) is 4.83. The van der Waals surface area contributed by atoms with Crippen LogP contribution in [-0.4, -0.2) is 55.5 Å². The molecule has 5 aromatic rings. The third-order valence-electron chi connectivity index (χ3n) is 11.1. The van der Waals surface area contributed by atoms with Crippen molar-refractivity contribution in [3.8, 4) is 22.5 Å². The summed E-state index contributed by atoms with van der Waals surface area (Å²) in [4.78, 5) is 60.1. The highest BCUT2D eigenvalue weighted by Gasteiger charge is 2.46. The highest BCUT2D eigenvalue weighted by molar-refractivity contribution is 6.32. The van der Waals surface area contributed by atoms with Gasteiger partial charge in [0, 0.05) is 28.1 Å². The lowest BCUT2D eigenvalue weighted by Crippen LogP contribution is -2.46. The first-order valence-corrected chi connectivity index (χ1v) is 17.8. The Bertz CT molecular complexity index is 2520. The minimum atomic E-state index is -2.02. The van der Waals surface area contributed by atoms with Crippen molar-refractivity contribution in [3.05, 3.63) is 121 Å². The number of ether oxygens (including phenoxy) is 1. The van der Waals surface area contributed by atoms with E-state index in [2.05, 4.69) is 5.32 Å². The van der Waals surface area contributed by atoms with Crippen molar-refractivity contribution in [3.63, 3.8) is 0 Å². The zero-order valence-electron chi connectivity index (χ0n) is 28.4. The van der Waals surface area contributed by atoms with Crippen LogP contribution in [0.4, 0.5) is 4.39 Å². The average Bonchev–Trinajstić information content (AvgIpc) is 3.53. The molecule has 3 N–H and O–H groups in total. The third-order valence-corrected chi connectivity index (χ3v) is 11.5. The highest BCUT2D eigenvalue weighted by Crippen LogP contribution is 2.47. The molecule has 0 spiro atoms. The largest absolute Gasteiger partial charge is 0.458 e. The molecule has 3 aromatic carbocycles. The Hall–Kier alpha value is -5.43. The molecule has 4 aliphatic rings. The Morgan fingerprint density at radius 1 is 1.08 bits per heavy atom. The molecular weight excluding hydrogens is 703 g/mol. The van der Waals surface area contributed by atoms with E-state index in [1.807, 2.05) is 36.4 Å². The first-order valence-electron chi connectivity index (χ1n) is 17.4. The number of carbonyl (C=O) groups is 3. The number of benzene rings is 3. The van der Waals surface area contributed by atoms with Crippen molar-refractivity contribution in [1.82, 2.24) is 19.8 Å². The summed E-state index contributed by atoms with van der Waals surface area (Å²) in [6.07, 6.45) is -0.360. The summed E-state index contributed by atoms with van der Waals surface area (Å²) >= 11 is 6.50. The molecule has 11 nitrogen and oxygen atoms in total. The first kappa shape index (κ1) is 33.4. The maximum atomic E-state index is 15.2. The van der Waals surface area contributed by atoms with Gasteiger partial charge in [0.25, 0.3) is 11.5 Å². The van der Waals surface area contributed by atoms with Crippen LogP contribution in [0.25, 0.3) is 33.4 Å². The molecule has 0 radical (unpaired) electrons. The number of carbonyl (C=O) groups excluding carboxylic acids is 3. The van der Waals surface area contributed by atoms with E-state index in [-0.39, 0.29) is 60.2 Å². The van der Waals surface area contributed by atoms with Crippen LogP contribution in [0.15, 0.2) is 65.5 Å². The molecule has 0 saturated carbocycles. The number of fused-ring (bicyclic) bond motifs is 6.